The molecule has 1 atom stereocenters. The van der Waals surface area contributed by atoms with Crippen LogP contribution in [-0.4, -0.2) is 153 Å². The van der Waals surface area contributed by atoms with E-state index in [1.54, 1.807) is 18.2 Å². The molecule has 0 radical (unpaired) electrons. The van der Waals surface area contributed by atoms with Crippen LogP contribution in [0.2, 0.25) is 0 Å². The average Bonchev–Trinajstić information content (AvgIpc) is 3.08. The zero-order chi connectivity index (χ0) is 32.6. The molecule has 0 aromatic heterocycles. The summed E-state index contributed by atoms with van der Waals surface area (Å²) < 4.78 is 89.0. The van der Waals surface area contributed by atoms with Crippen molar-refractivity contribution in [2.24, 2.45) is 0 Å². The summed E-state index contributed by atoms with van der Waals surface area (Å²) in [6, 6.07) is 7.98. The van der Waals surface area contributed by atoms with Gasteiger partial charge in [-0.25, -0.2) is 0 Å². The van der Waals surface area contributed by atoms with E-state index in [1.165, 1.54) is 12.1 Å². The first-order chi connectivity index (χ1) is 22.7. The lowest BCUT2D eigenvalue weighted by atomic mass is 10.2. The fourth-order valence-corrected chi connectivity index (χ4v) is 4.71. The van der Waals surface area contributed by atoms with Crippen molar-refractivity contribution in [2.75, 3.05) is 139 Å². The van der Waals surface area contributed by atoms with E-state index in [-0.39, 0.29) is 24.4 Å². The largest absolute Gasteiger partial charge is 0.377 e. The Labute approximate surface area is 274 Å². The Morgan fingerprint density at radius 1 is 0.500 bits per heavy atom. The minimum atomic E-state index is -3.76. The maximum atomic E-state index is 12.0. The van der Waals surface area contributed by atoms with E-state index in [1.807, 2.05) is 0 Å². The summed E-state index contributed by atoms with van der Waals surface area (Å²) in [6.07, 6.45) is 3.16. The van der Waals surface area contributed by atoms with Crippen molar-refractivity contribution in [1.29, 1.82) is 0 Å². The van der Waals surface area contributed by atoms with Crippen LogP contribution in [0.3, 0.4) is 0 Å². The van der Waals surface area contributed by atoms with Gasteiger partial charge in [0, 0.05) is 6.61 Å². The minimum Gasteiger partial charge on any atom is -0.377 e. The van der Waals surface area contributed by atoms with Crippen LogP contribution in [0.25, 0.3) is 0 Å². The van der Waals surface area contributed by atoms with Crippen molar-refractivity contribution >= 4 is 10.1 Å². The van der Waals surface area contributed by atoms with Crippen LogP contribution in [-0.2, 0) is 66.4 Å². The summed E-state index contributed by atoms with van der Waals surface area (Å²) in [5.74, 6) is 0. The van der Waals surface area contributed by atoms with Crippen molar-refractivity contribution in [2.45, 2.75) is 30.4 Å². The highest BCUT2D eigenvalue weighted by molar-refractivity contribution is 7.86. The van der Waals surface area contributed by atoms with Crippen molar-refractivity contribution < 1.29 is 64.7 Å². The molecular formula is C31H54O14S. The van der Waals surface area contributed by atoms with E-state index in [9.17, 15) is 8.42 Å². The van der Waals surface area contributed by atoms with Gasteiger partial charge in [0.05, 0.1) is 137 Å². The van der Waals surface area contributed by atoms with Gasteiger partial charge < -0.3 is 52.1 Å². The summed E-state index contributed by atoms with van der Waals surface area (Å²) in [5.41, 5.74) is 0. The van der Waals surface area contributed by atoms with Gasteiger partial charge in [-0.2, -0.15) is 8.42 Å². The first-order valence-electron chi connectivity index (χ1n) is 16.1. The van der Waals surface area contributed by atoms with Gasteiger partial charge >= 0.3 is 0 Å². The Morgan fingerprint density at radius 2 is 0.870 bits per heavy atom. The van der Waals surface area contributed by atoms with Gasteiger partial charge in [0.25, 0.3) is 10.1 Å². The normalized spacial score (nSPS) is 15.4. The first-order valence-corrected chi connectivity index (χ1v) is 17.5. The molecule has 15 heteroatoms. The van der Waals surface area contributed by atoms with Gasteiger partial charge in [0.2, 0.25) is 0 Å². The molecule has 1 unspecified atom stereocenters. The number of rotatable bonds is 33. The molecule has 0 bridgehead atoms. The summed E-state index contributed by atoms with van der Waals surface area (Å²) in [7, 11) is -3.76. The van der Waals surface area contributed by atoms with Crippen LogP contribution in [0.4, 0.5) is 0 Å². The first kappa shape index (κ1) is 40.9. The second-order valence-electron chi connectivity index (χ2n) is 9.77. The van der Waals surface area contributed by atoms with Crippen LogP contribution in [0.15, 0.2) is 35.2 Å². The lowest BCUT2D eigenvalue weighted by Gasteiger charge is -2.22. The topological polar surface area (TPSA) is 145 Å². The maximum absolute atomic E-state index is 12.0. The van der Waals surface area contributed by atoms with Gasteiger partial charge in [0.1, 0.15) is 0 Å². The maximum Gasteiger partial charge on any atom is 0.297 e. The summed E-state index contributed by atoms with van der Waals surface area (Å²) in [4.78, 5) is 0.121. The Kier molecular flexibility index (Phi) is 26.5. The molecule has 1 fully saturated rings. The smallest absolute Gasteiger partial charge is 0.297 e. The number of ether oxygens (including phenoxy) is 11. The van der Waals surface area contributed by atoms with Crippen molar-refractivity contribution in [3.05, 3.63) is 30.3 Å². The molecule has 2 rings (SSSR count). The van der Waals surface area contributed by atoms with Crippen LogP contribution < -0.4 is 0 Å². The number of benzene rings is 1. The van der Waals surface area contributed by atoms with Gasteiger partial charge in [-0.1, -0.05) is 18.2 Å². The van der Waals surface area contributed by atoms with E-state index >= 15 is 0 Å². The Balaban J connectivity index is 1.16. The van der Waals surface area contributed by atoms with Crippen molar-refractivity contribution in [3.63, 3.8) is 0 Å². The van der Waals surface area contributed by atoms with Gasteiger partial charge in [0.15, 0.2) is 6.29 Å². The van der Waals surface area contributed by atoms with Gasteiger partial charge in [-0.05, 0) is 31.4 Å². The predicted octanol–water partition coefficient (Wildman–Crippen LogP) is 2.08. The highest BCUT2D eigenvalue weighted by atomic mass is 32.2. The molecule has 0 N–H and O–H groups in total. The molecule has 46 heavy (non-hydrogen) atoms. The molecule has 268 valence electrons. The summed E-state index contributed by atoms with van der Waals surface area (Å²) in [5, 5.41) is 0. The standard InChI is InChI=1S/C31H54O14S/c32-46(33,30-6-2-1-3-7-30)45-29-27-42-25-23-40-21-19-38-17-15-36-13-11-34-10-12-35-14-16-37-18-20-39-22-24-41-26-28-44-31-8-4-5-9-43-31/h1-3,6-7,31H,4-5,8-29H2. The fraction of sp³-hybridized carbons (Fsp3) is 0.806. The zero-order valence-corrected chi connectivity index (χ0v) is 27.9. The van der Waals surface area contributed by atoms with Crippen LogP contribution >= 0.6 is 0 Å². The van der Waals surface area contributed by atoms with Crippen molar-refractivity contribution in [1.82, 2.24) is 0 Å². The van der Waals surface area contributed by atoms with Gasteiger partial charge in [-0.3, -0.25) is 4.18 Å². The monoisotopic (exact) mass is 682 g/mol. The zero-order valence-electron chi connectivity index (χ0n) is 27.1. The third-order valence-corrected chi connectivity index (χ3v) is 7.47. The third kappa shape index (κ3) is 23.9. The van der Waals surface area contributed by atoms with Crippen LogP contribution in [0.1, 0.15) is 19.3 Å². The number of hydrogen-bond acceptors (Lipinski definition) is 14. The van der Waals surface area contributed by atoms with E-state index in [2.05, 4.69) is 0 Å². The van der Waals surface area contributed by atoms with E-state index in [4.69, 9.17) is 56.3 Å². The van der Waals surface area contributed by atoms with E-state index in [0.717, 1.165) is 25.9 Å². The molecule has 1 aliphatic rings. The third-order valence-electron chi connectivity index (χ3n) is 6.14. The summed E-state index contributed by atoms with van der Waals surface area (Å²) in [6.45, 7) is 9.45. The highest BCUT2D eigenvalue weighted by Gasteiger charge is 2.14. The minimum absolute atomic E-state index is 0.0573. The number of hydrogen-bond donors (Lipinski definition) is 0. The molecule has 1 saturated heterocycles. The molecule has 0 aliphatic carbocycles. The molecule has 0 spiro atoms. The molecule has 0 saturated carbocycles. The molecule has 1 aromatic rings. The molecule has 0 amide bonds. The molecular weight excluding hydrogens is 628 g/mol. The van der Waals surface area contributed by atoms with Gasteiger partial charge in [-0.15, -0.1) is 0 Å². The fourth-order valence-electron chi connectivity index (χ4n) is 3.80. The van der Waals surface area contributed by atoms with E-state index in [0.29, 0.717) is 119 Å². The molecule has 1 heterocycles. The van der Waals surface area contributed by atoms with E-state index < -0.39 is 10.1 Å². The lowest BCUT2D eigenvalue weighted by Crippen LogP contribution is -2.24. The highest BCUT2D eigenvalue weighted by Crippen LogP contribution is 2.13. The molecule has 1 aliphatic heterocycles. The van der Waals surface area contributed by atoms with Crippen LogP contribution in [0.5, 0.6) is 0 Å². The van der Waals surface area contributed by atoms with Crippen LogP contribution in [0, 0.1) is 0 Å². The quantitative estimate of drug-likeness (QED) is 0.0788. The summed E-state index contributed by atoms with van der Waals surface area (Å²) >= 11 is 0. The SMILES string of the molecule is O=S(=O)(OCCOCCOCCOCCOCCOCCOCCOCCOCCOCCOC1CCCCO1)c1ccccc1. The average molecular weight is 683 g/mol. The second kappa shape index (κ2) is 29.8. The second-order valence-corrected chi connectivity index (χ2v) is 11.4. The Hall–Kier alpha value is -1.31. The van der Waals surface area contributed by atoms with Crippen molar-refractivity contribution in [3.8, 4) is 0 Å². The lowest BCUT2D eigenvalue weighted by molar-refractivity contribution is -0.169. The molecule has 14 nitrogen and oxygen atoms in total. The predicted molar refractivity (Wildman–Crippen MR) is 166 cm³/mol. The Morgan fingerprint density at radius 3 is 1.24 bits per heavy atom. The Bertz CT molecular complexity index is 886. The molecule has 1 aromatic carbocycles.